The summed E-state index contributed by atoms with van der Waals surface area (Å²) in [4.78, 5) is 25.4. The average Bonchev–Trinajstić information content (AvgIpc) is 2.63. The first-order valence-corrected chi connectivity index (χ1v) is 8.81. The Morgan fingerprint density at radius 1 is 1.18 bits per heavy atom. The van der Waals surface area contributed by atoms with E-state index in [4.69, 9.17) is 11.6 Å². The van der Waals surface area contributed by atoms with Crippen molar-refractivity contribution in [3.05, 3.63) is 74.5 Å². The van der Waals surface area contributed by atoms with E-state index in [0.29, 0.717) is 17.4 Å². The molecule has 0 atom stereocenters. The fourth-order valence-electron chi connectivity index (χ4n) is 2.95. The van der Waals surface area contributed by atoms with Crippen molar-refractivity contribution in [2.75, 3.05) is 5.32 Å². The lowest BCUT2D eigenvalue weighted by molar-refractivity contribution is -0.137. The van der Waals surface area contributed by atoms with Crippen molar-refractivity contribution in [1.29, 1.82) is 0 Å². The molecular formula is C20H16ClF3N2O2. The summed E-state index contributed by atoms with van der Waals surface area (Å²) in [5, 5.41) is 2.26. The van der Waals surface area contributed by atoms with Crippen molar-refractivity contribution in [1.82, 2.24) is 4.57 Å². The van der Waals surface area contributed by atoms with Gasteiger partial charge in [0.2, 0.25) is 5.43 Å². The molecule has 1 N–H and O–H groups in total. The molecule has 0 spiro atoms. The number of alkyl halides is 3. The second kappa shape index (κ2) is 7.31. The Labute approximate surface area is 163 Å². The SMILES string of the molecule is CCn1cc(C(=O)Nc2ccc(Cl)c(C(F)(F)F)c2)c(=O)c2cc(C)ccc21. The lowest BCUT2D eigenvalue weighted by Gasteiger charge is -2.14. The number of nitrogens with one attached hydrogen (secondary N) is 1. The Bertz CT molecular complexity index is 1140. The van der Waals surface area contributed by atoms with Gasteiger partial charge in [0, 0.05) is 23.8 Å². The minimum atomic E-state index is -4.66. The van der Waals surface area contributed by atoms with Gasteiger partial charge in [0.1, 0.15) is 5.56 Å². The number of aromatic nitrogens is 1. The molecule has 146 valence electrons. The number of hydrogen-bond acceptors (Lipinski definition) is 2. The van der Waals surface area contributed by atoms with Crippen LogP contribution in [-0.2, 0) is 12.7 Å². The van der Waals surface area contributed by atoms with Crippen molar-refractivity contribution < 1.29 is 18.0 Å². The van der Waals surface area contributed by atoms with E-state index in [-0.39, 0.29) is 11.3 Å². The van der Waals surface area contributed by atoms with E-state index in [1.54, 1.807) is 16.7 Å². The van der Waals surface area contributed by atoms with Crippen molar-refractivity contribution in [3.63, 3.8) is 0 Å². The summed E-state index contributed by atoms with van der Waals surface area (Å²) in [6, 6.07) is 8.38. The van der Waals surface area contributed by atoms with E-state index >= 15 is 0 Å². The lowest BCUT2D eigenvalue weighted by Crippen LogP contribution is -2.24. The Kier molecular flexibility index (Phi) is 5.21. The fourth-order valence-corrected chi connectivity index (χ4v) is 3.18. The van der Waals surface area contributed by atoms with Crippen LogP contribution in [0.25, 0.3) is 10.9 Å². The molecule has 1 aromatic heterocycles. The zero-order valence-electron chi connectivity index (χ0n) is 15.0. The maximum atomic E-state index is 13.0. The molecule has 3 rings (SSSR count). The molecule has 0 radical (unpaired) electrons. The Balaban J connectivity index is 2.05. The maximum absolute atomic E-state index is 13.0. The standard InChI is InChI=1S/C20H16ClF3N2O2/c1-3-26-10-14(18(27)13-8-11(2)4-7-17(13)26)19(28)25-12-5-6-16(21)15(9-12)20(22,23)24/h4-10H,3H2,1-2H3,(H,25,28). The summed E-state index contributed by atoms with van der Waals surface area (Å²) < 4.78 is 40.8. The van der Waals surface area contributed by atoms with Crippen LogP contribution in [0, 0.1) is 6.92 Å². The van der Waals surface area contributed by atoms with Crippen molar-refractivity contribution in [2.24, 2.45) is 0 Å². The highest BCUT2D eigenvalue weighted by molar-refractivity contribution is 6.31. The fraction of sp³-hybridized carbons (Fsp3) is 0.200. The largest absolute Gasteiger partial charge is 0.417 e. The van der Waals surface area contributed by atoms with Crippen LogP contribution in [0.15, 0.2) is 47.4 Å². The van der Waals surface area contributed by atoms with E-state index in [0.717, 1.165) is 17.7 Å². The van der Waals surface area contributed by atoms with Crippen LogP contribution in [0.4, 0.5) is 18.9 Å². The summed E-state index contributed by atoms with van der Waals surface area (Å²) in [5.41, 5.74) is -0.257. The first kappa shape index (κ1) is 19.9. The average molecular weight is 409 g/mol. The molecule has 0 aliphatic rings. The predicted molar refractivity (Wildman–Crippen MR) is 103 cm³/mol. The van der Waals surface area contributed by atoms with Crippen LogP contribution in [0.2, 0.25) is 5.02 Å². The first-order valence-electron chi connectivity index (χ1n) is 8.43. The molecule has 4 nitrogen and oxygen atoms in total. The van der Waals surface area contributed by atoms with Gasteiger partial charge in [0.15, 0.2) is 0 Å². The summed E-state index contributed by atoms with van der Waals surface area (Å²) in [7, 11) is 0. The zero-order valence-corrected chi connectivity index (χ0v) is 15.8. The number of pyridine rings is 1. The smallest absolute Gasteiger partial charge is 0.347 e. The third-order valence-electron chi connectivity index (χ3n) is 4.35. The molecule has 28 heavy (non-hydrogen) atoms. The van der Waals surface area contributed by atoms with E-state index in [2.05, 4.69) is 5.32 Å². The number of hydrogen-bond donors (Lipinski definition) is 1. The number of aryl methyl sites for hydroxylation is 2. The van der Waals surface area contributed by atoms with Gasteiger partial charge >= 0.3 is 6.18 Å². The van der Waals surface area contributed by atoms with E-state index in [1.807, 2.05) is 19.9 Å². The van der Waals surface area contributed by atoms with E-state index in [9.17, 15) is 22.8 Å². The number of carbonyl (C=O) groups excluding carboxylic acids is 1. The predicted octanol–water partition coefficient (Wildman–Crippen LogP) is 5.25. The van der Waals surface area contributed by atoms with Crippen molar-refractivity contribution >= 4 is 34.1 Å². The molecule has 2 aromatic carbocycles. The number of fused-ring (bicyclic) bond motifs is 1. The van der Waals surface area contributed by atoms with Crippen LogP contribution >= 0.6 is 11.6 Å². The first-order chi connectivity index (χ1) is 13.1. The van der Waals surface area contributed by atoms with Gasteiger partial charge in [-0.15, -0.1) is 0 Å². The number of rotatable bonds is 3. The molecular weight excluding hydrogens is 393 g/mol. The molecule has 0 bridgehead atoms. The summed E-state index contributed by atoms with van der Waals surface area (Å²) in [6.07, 6.45) is -3.25. The van der Waals surface area contributed by atoms with Gasteiger partial charge in [0.05, 0.1) is 16.1 Å². The lowest BCUT2D eigenvalue weighted by atomic mass is 10.1. The van der Waals surface area contributed by atoms with Crippen LogP contribution in [0.5, 0.6) is 0 Å². The second-order valence-corrected chi connectivity index (χ2v) is 6.73. The minimum Gasteiger partial charge on any atom is -0.347 e. The molecule has 0 saturated heterocycles. The number of carbonyl (C=O) groups is 1. The quantitative estimate of drug-likeness (QED) is 0.643. The number of amides is 1. The van der Waals surface area contributed by atoms with Gasteiger partial charge in [-0.3, -0.25) is 9.59 Å². The molecule has 0 aliphatic heterocycles. The maximum Gasteiger partial charge on any atom is 0.417 e. The normalized spacial score (nSPS) is 11.6. The highest BCUT2D eigenvalue weighted by Crippen LogP contribution is 2.36. The number of anilines is 1. The summed E-state index contributed by atoms with van der Waals surface area (Å²) in [6.45, 7) is 4.20. The number of halogens is 4. The topological polar surface area (TPSA) is 51.1 Å². The number of nitrogens with zero attached hydrogens (tertiary/aromatic N) is 1. The van der Waals surface area contributed by atoms with Crippen LogP contribution in [0.3, 0.4) is 0 Å². The molecule has 1 heterocycles. The van der Waals surface area contributed by atoms with Crippen molar-refractivity contribution in [2.45, 2.75) is 26.6 Å². The van der Waals surface area contributed by atoms with Crippen molar-refractivity contribution in [3.8, 4) is 0 Å². The van der Waals surface area contributed by atoms with Crippen LogP contribution in [-0.4, -0.2) is 10.5 Å². The van der Waals surface area contributed by atoms with E-state index in [1.165, 1.54) is 12.3 Å². The minimum absolute atomic E-state index is 0.103. The molecule has 8 heteroatoms. The van der Waals surface area contributed by atoms with Gasteiger partial charge in [-0.1, -0.05) is 23.2 Å². The highest BCUT2D eigenvalue weighted by Gasteiger charge is 2.33. The van der Waals surface area contributed by atoms with Gasteiger partial charge in [-0.25, -0.2) is 0 Å². The highest BCUT2D eigenvalue weighted by atomic mass is 35.5. The van der Waals surface area contributed by atoms with Gasteiger partial charge in [0.25, 0.3) is 5.91 Å². The molecule has 3 aromatic rings. The van der Waals surface area contributed by atoms with Gasteiger partial charge in [-0.2, -0.15) is 13.2 Å². The van der Waals surface area contributed by atoms with E-state index < -0.39 is 28.1 Å². The summed E-state index contributed by atoms with van der Waals surface area (Å²) in [5.74, 6) is -0.786. The molecule has 0 saturated carbocycles. The third kappa shape index (κ3) is 3.75. The van der Waals surface area contributed by atoms with Crippen LogP contribution < -0.4 is 10.7 Å². The third-order valence-corrected chi connectivity index (χ3v) is 4.68. The van der Waals surface area contributed by atoms with Gasteiger partial charge < -0.3 is 9.88 Å². The Hall–Kier alpha value is -2.80. The van der Waals surface area contributed by atoms with Gasteiger partial charge in [-0.05, 0) is 44.2 Å². The molecule has 0 unspecified atom stereocenters. The Morgan fingerprint density at radius 2 is 1.89 bits per heavy atom. The second-order valence-electron chi connectivity index (χ2n) is 6.33. The molecule has 0 aliphatic carbocycles. The summed E-state index contributed by atoms with van der Waals surface area (Å²) >= 11 is 5.59. The number of benzene rings is 2. The molecule has 0 fully saturated rings. The zero-order chi connectivity index (χ0) is 20.6. The molecule has 1 amide bonds. The Morgan fingerprint density at radius 3 is 2.54 bits per heavy atom. The van der Waals surface area contributed by atoms with Crippen LogP contribution in [0.1, 0.15) is 28.4 Å². The monoisotopic (exact) mass is 408 g/mol.